The van der Waals surface area contributed by atoms with Crippen molar-refractivity contribution in [1.29, 1.82) is 0 Å². The second kappa shape index (κ2) is 11.6. The third-order valence-corrected chi connectivity index (χ3v) is 6.46. The second-order valence-corrected chi connectivity index (χ2v) is 8.58. The van der Waals surface area contributed by atoms with Gasteiger partial charge < -0.3 is 19.8 Å². The summed E-state index contributed by atoms with van der Waals surface area (Å²) < 4.78 is 4.56. The molecule has 0 fully saturated rings. The normalized spacial score (nSPS) is 20.0. The van der Waals surface area contributed by atoms with Crippen LogP contribution in [0.1, 0.15) is 60.9 Å². The minimum Gasteiger partial charge on any atom is -0.545 e. The maximum atomic E-state index is 10.6. The maximum Gasteiger partial charge on any atom is 0.243 e. The zero-order valence-corrected chi connectivity index (χ0v) is 20.9. The zero-order valence-electron chi connectivity index (χ0n) is 20.9. The van der Waals surface area contributed by atoms with Crippen molar-refractivity contribution >= 4 is 23.6 Å². The lowest BCUT2D eigenvalue weighted by atomic mass is 10.0. The van der Waals surface area contributed by atoms with Gasteiger partial charge in [0.2, 0.25) is 11.7 Å². The molecule has 0 spiro atoms. The number of benzene rings is 1. The average molecular weight is 447 g/mol. The van der Waals surface area contributed by atoms with Crippen LogP contribution in [0, 0.1) is 0 Å². The van der Waals surface area contributed by atoms with Crippen molar-refractivity contribution in [2.45, 2.75) is 53.1 Å². The number of aryl methyl sites for hydroxylation is 1. The fourth-order valence-corrected chi connectivity index (χ4v) is 3.64. The van der Waals surface area contributed by atoms with E-state index in [1.165, 1.54) is 36.9 Å². The molecule has 0 bridgehead atoms. The first-order chi connectivity index (χ1) is 14.8. The monoisotopic (exact) mass is 446 g/mol. The first-order valence-electron chi connectivity index (χ1n) is 10.9. The number of carboxylic acids is 2. The number of carbonyl (C=O) groups is 2. The molecule has 0 aliphatic carbocycles. The molecular formula is C24H38N4O4. The summed E-state index contributed by atoms with van der Waals surface area (Å²) in [7, 11) is 8.55. The van der Waals surface area contributed by atoms with Gasteiger partial charge in [0.1, 0.15) is 25.2 Å². The van der Waals surface area contributed by atoms with E-state index < -0.39 is 11.9 Å². The maximum absolute atomic E-state index is 10.6. The van der Waals surface area contributed by atoms with E-state index in [0.717, 1.165) is 5.56 Å². The van der Waals surface area contributed by atoms with E-state index in [2.05, 4.69) is 74.8 Å². The number of hydrogen-bond acceptors (Lipinski definition) is 6. The molecule has 0 aromatic heterocycles. The third-order valence-electron chi connectivity index (χ3n) is 6.46. The van der Waals surface area contributed by atoms with Gasteiger partial charge in [0, 0.05) is 25.0 Å². The average Bonchev–Trinajstić information content (AvgIpc) is 3.10. The molecule has 8 heteroatoms. The van der Waals surface area contributed by atoms with E-state index >= 15 is 0 Å². The van der Waals surface area contributed by atoms with Gasteiger partial charge in [-0.1, -0.05) is 19.1 Å². The number of aromatic carboxylic acids is 2. The minimum atomic E-state index is -1.51. The van der Waals surface area contributed by atoms with Gasteiger partial charge in [0.15, 0.2) is 0 Å². The number of hydrogen-bond donors (Lipinski definition) is 0. The van der Waals surface area contributed by atoms with Crippen molar-refractivity contribution in [3.8, 4) is 0 Å². The number of rotatable bonds is 3. The first kappa shape index (κ1) is 27.1. The highest BCUT2D eigenvalue weighted by Gasteiger charge is 2.28. The van der Waals surface area contributed by atoms with Crippen molar-refractivity contribution in [3.63, 3.8) is 0 Å². The summed E-state index contributed by atoms with van der Waals surface area (Å²) in [5.74, 6) is -0.253. The Labute approximate surface area is 192 Å². The molecule has 32 heavy (non-hydrogen) atoms. The Morgan fingerprint density at radius 1 is 0.906 bits per heavy atom. The molecule has 1 aromatic carbocycles. The summed E-state index contributed by atoms with van der Waals surface area (Å²) in [4.78, 5) is 25.7. The fraction of sp³-hybridized carbons (Fsp3) is 0.583. The number of carboxylic acid groups (broad SMARTS) is 2. The Bertz CT molecular complexity index is 871. The van der Waals surface area contributed by atoms with Gasteiger partial charge >= 0.3 is 0 Å². The Balaban J connectivity index is 0.000000250. The van der Waals surface area contributed by atoms with E-state index in [1.807, 2.05) is 6.92 Å². The SMILES string of the molecule is CC1=[N+](C)CC(C)N1C.CC1=[N+](C)CC(C)N1C.CCc1ccc(C(=O)[O-])c(C(=O)[O-])c1. The molecule has 0 saturated carbocycles. The largest absolute Gasteiger partial charge is 0.545 e. The summed E-state index contributed by atoms with van der Waals surface area (Å²) in [6.07, 6.45) is 0.633. The van der Waals surface area contributed by atoms with Crippen LogP contribution in [-0.2, 0) is 6.42 Å². The standard InChI is InChI=1S/C10H10O4.2C7H15N2/c1-2-6-3-4-7(9(11)12)8(5-6)10(13)14;2*1-6-5-8(3)7(2)9(6)4/h3-5H,2H2,1H3,(H,11,12)(H,13,14);2*6H,5H2,1-4H3/q;2*+1/p-2. The summed E-state index contributed by atoms with van der Waals surface area (Å²) in [6.45, 7) is 13.0. The summed E-state index contributed by atoms with van der Waals surface area (Å²) in [5, 5.41) is 21.1. The summed E-state index contributed by atoms with van der Waals surface area (Å²) in [5.41, 5.74) is 0.0701. The van der Waals surface area contributed by atoms with Gasteiger partial charge in [-0.2, -0.15) is 0 Å². The van der Waals surface area contributed by atoms with Gasteiger partial charge in [-0.3, -0.25) is 19.0 Å². The smallest absolute Gasteiger partial charge is 0.243 e. The fourth-order valence-electron chi connectivity index (χ4n) is 3.64. The van der Waals surface area contributed by atoms with Crippen LogP contribution in [0.4, 0.5) is 0 Å². The number of amidine groups is 2. The van der Waals surface area contributed by atoms with Crippen molar-refractivity contribution in [2.75, 3.05) is 41.3 Å². The van der Waals surface area contributed by atoms with Crippen molar-refractivity contribution < 1.29 is 29.0 Å². The van der Waals surface area contributed by atoms with Crippen LogP contribution >= 0.6 is 0 Å². The highest BCUT2D eigenvalue weighted by molar-refractivity contribution is 6.00. The second-order valence-electron chi connectivity index (χ2n) is 8.58. The molecule has 2 aliphatic rings. The predicted molar refractivity (Wildman–Crippen MR) is 122 cm³/mol. The third kappa shape index (κ3) is 6.80. The van der Waals surface area contributed by atoms with Crippen LogP contribution in [0.3, 0.4) is 0 Å². The molecule has 8 nitrogen and oxygen atoms in total. The molecule has 0 saturated heterocycles. The minimum absolute atomic E-state index is 0.329. The van der Waals surface area contributed by atoms with Crippen LogP contribution in [0.5, 0.6) is 0 Å². The van der Waals surface area contributed by atoms with Crippen LogP contribution in [0.25, 0.3) is 0 Å². The van der Waals surface area contributed by atoms with Crippen LogP contribution in [0.15, 0.2) is 18.2 Å². The number of nitrogens with zero attached hydrogens (tertiary/aromatic N) is 4. The van der Waals surface area contributed by atoms with Crippen LogP contribution < -0.4 is 10.2 Å². The number of likely N-dealkylation sites (N-methyl/N-ethyl adjacent to an activating group) is 4. The molecule has 0 amide bonds. The van der Waals surface area contributed by atoms with E-state index in [-0.39, 0.29) is 11.1 Å². The van der Waals surface area contributed by atoms with Crippen LogP contribution in [-0.4, -0.2) is 95.9 Å². The first-order valence-corrected chi connectivity index (χ1v) is 10.9. The van der Waals surface area contributed by atoms with Gasteiger partial charge in [-0.05, 0) is 31.9 Å². The van der Waals surface area contributed by atoms with Gasteiger partial charge in [-0.25, -0.2) is 0 Å². The van der Waals surface area contributed by atoms with E-state index in [1.54, 1.807) is 6.07 Å². The van der Waals surface area contributed by atoms with Crippen molar-refractivity contribution in [2.24, 2.45) is 0 Å². The number of carbonyl (C=O) groups excluding carboxylic acids is 2. The molecule has 2 atom stereocenters. The topological polar surface area (TPSA) is 92.8 Å². The Morgan fingerprint density at radius 2 is 1.31 bits per heavy atom. The molecule has 2 unspecified atom stereocenters. The molecule has 2 heterocycles. The lowest BCUT2D eigenvalue weighted by Gasteiger charge is -2.12. The highest BCUT2D eigenvalue weighted by Crippen LogP contribution is 2.11. The Kier molecular flexibility index (Phi) is 9.87. The molecule has 1 aromatic rings. The van der Waals surface area contributed by atoms with Gasteiger partial charge in [-0.15, -0.1) is 0 Å². The summed E-state index contributed by atoms with van der Waals surface area (Å²) in [6, 6.07) is 5.45. The molecular weight excluding hydrogens is 408 g/mol. The molecule has 3 rings (SSSR count). The lowest BCUT2D eigenvalue weighted by Crippen LogP contribution is -2.30. The van der Waals surface area contributed by atoms with Crippen molar-refractivity contribution in [1.82, 2.24) is 9.80 Å². The zero-order chi connectivity index (χ0) is 24.7. The van der Waals surface area contributed by atoms with Crippen LogP contribution in [0.2, 0.25) is 0 Å². The van der Waals surface area contributed by atoms with Gasteiger partial charge in [0.05, 0.1) is 40.1 Å². The molecule has 178 valence electrons. The van der Waals surface area contributed by atoms with Gasteiger partial charge in [0.25, 0.3) is 0 Å². The molecule has 2 aliphatic heterocycles. The Hall–Kier alpha value is -2.90. The lowest BCUT2D eigenvalue weighted by molar-refractivity contribution is -0.490. The van der Waals surface area contributed by atoms with E-state index in [4.69, 9.17) is 0 Å². The molecule has 0 radical (unpaired) electrons. The summed E-state index contributed by atoms with van der Waals surface area (Å²) >= 11 is 0. The highest BCUT2D eigenvalue weighted by atomic mass is 16.4. The predicted octanol–water partition coefficient (Wildman–Crippen LogP) is -0.262. The van der Waals surface area contributed by atoms with Crippen molar-refractivity contribution in [3.05, 3.63) is 34.9 Å². The Morgan fingerprint density at radius 3 is 1.53 bits per heavy atom. The molecule has 0 N–H and O–H groups in total. The van der Waals surface area contributed by atoms with E-state index in [9.17, 15) is 19.8 Å². The van der Waals surface area contributed by atoms with E-state index in [0.29, 0.717) is 18.5 Å². The quantitative estimate of drug-likeness (QED) is 0.594.